The molecule has 96 valence electrons. The number of hydrogen-bond donors (Lipinski definition) is 1. The summed E-state index contributed by atoms with van der Waals surface area (Å²) < 4.78 is 1.19. The van der Waals surface area contributed by atoms with Crippen LogP contribution in [0.3, 0.4) is 0 Å². The molecule has 1 aromatic heterocycles. The van der Waals surface area contributed by atoms with Crippen LogP contribution < -0.4 is 5.32 Å². The van der Waals surface area contributed by atoms with Crippen LogP contribution in [0.5, 0.6) is 0 Å². The first-order valence-electron chi connectivity index (χ1n) is 5.77. The van der Waals surface area contributed by atoms with Gasteiger partial charge in [-0.2, -0.15) is 0 Å². The Morgan fingerprint density at radius 2 is 2.00 bits per heavy atom. The SMILES string of the molecule is CNC(Cc1ccc(Cl)cc1)c1sc(C)cc1Br. The summed E-state index contributed by atoms with van der Waals surface area (Å²) in [6.45, 7) is 2.13. The third kappa shape index (κ3) is 3.35. The summed E-state index contributed by atoms with van der Waals surface area (Å²) in [7, 11) is 2.00. The first-order valence-corrected chi connectivity index (χ1v) is 7.76. The molecule has 1 atom stereocenters. The molecular weight excluding hydrogens is 330 g/mol. The van der Waals surface area contributed by atoms with Crippen molar-refractivity contribution < 1.29 is 0 Å². The van der Waals surface area contributed by atoms with Gasteiger partial charge in [-0.1, -0.05) is 23.7 Å². The fourth-order valence-corrected chi connectivity index (χ4v) is 4.08. The normalized spacial score (nSPS) is 12.7. The molecule has 0 bridgehead atoms. The first-order chi connectivity index (χ1) is 8.60. The standard InChI is InChI=1S/C14H15BrClNS/c1-9-7-12(15)14(18-9)13(17-2)8-10-3-5-11(16)6-4-10/h3-7,13,17H,8H2,1-2H3. The second kappa shape index (κ2) is 6.20. The lowest BCUT2D eigenvalue weighted by molar-refractivity contribution is 0.600. The van der Waals surface area contributed by atoms with E-state index in [1.54, 1.807) is 0 Å². The van der Waals surface area contributed by atoms with E-state index in [0.717, 1.165) is 11.4 Å². The molecule has 18 heavy (non-hydrogen) atoms. The molecule has 1 unspecified atom stereocenters. The molecule has 2 rings (SSSR count). The van der Waals surface area contributed by atoms with Gasteiger partial charge in [0.05, 0.1) is 0 Å². The first kappa shape index (κ1) is 14.1. The summed E-state index contributed by atoms with van der Waals surface area (Å²) in [5.41, 5.74) is 1.29. The van der Waals surface area contributed by atoms with E-state index in [1.807, 2.05) is 30.5 Å². The number of nitrogens with one attached hydrogen (secondary N) is 1. The molecule has 1 N–H and O–H groups in total. The van der Waals surface area contributed by atoms with E-state index < -0.39 is 0 Å². The molecule has 0 amide bonds. The molecule has 0 spiro atoms. The predicted octanol–water partition coefficient (Wildman–Crippen LogP) is 4.98. The van der Waals surface area contributed by atoms with Crippen LogP contribution in [0.15, 0.2) is 34.8 Å². The largest absolute Gasteiger partial charge is 0.312 e. The number of aryl methyl sites for hydroxylation is 1. The van der Waals surface area contributed by atoms with Gasteiger partial charge in [0.1, 0.15) is 0 Å². The molecular formula is C14H15BrClNS. The minimum absolute atomic E-state index is 0.333. The maximum absolute atomic E-state index is 5.91. The highest BCUT2D eigenvalue weighted by molar-refractivity contribution is 9.10. The van der Waals surface area contributed by atoms with E-state index in [0.29, 0.717) is 6.04 Å². The van der Waals surface area contributed by atoms with Crippen molar-refractivity contribution >= 4 is 38.9 Å². The smallest absolute Gasteiger partial charge is 0.0464 e. The van der Waals surface area contributed by atoms with Crippen molar-refractivity contribution in [2.24, 2.45) is 0 Å². The lowest BCUT2D eigenvalue weighted by atomic mass is 10.0. The zero-order chi connectivity index (χ0) is 13.1. The number of thiophene rings is 1. The molecule has 0 aliphatic rings. The Bertz CT molecular complexity index is 521. The Morgan fingerprint density at radius 1 is 1.33 bits per heavy atom. The monoisotopic (exact) mass is 343 g/mol. The van der Waals surface area contributed by atoms with Gasteiger partial charge in [0, 0.05) is 25.3 Å². The summed E-state index contributed by atoms with van der Waals surface area (Å²) in [5, 5.41) is 4.17. The molecule has 2 aromatic rings. The van der Waals surface area contributed by atoms with Gasteiger partial charge in [-0.25, -0.2) is 0 Å². The van der Waals surface area contributed by atoms with E-state index in [9.17, 15) is 0 Å². The van der Waals surface area contributed by atoms with E-state index in [4.69, 9.17) is 11.6 Å². The minimum atomic E-state index is 0.333. The van der Waals surface area contributed by atoms with E-state index in [2.05, 4.69) is 46.4 Å². The van der Waals surface area contributed by atoms with Gasteiger partial charge in [0.2, 0.25) is 0 Å². The molecule has 1 heterocycles. The fourth-order valence-electron chi connectivity index (χ4n) is 1.92. The number of likely N-dealkylation sites (N-methyl/N-ethyl adjacent to an activating group) is 1. The number of halogens is 2. The van der Waals surface area contributed by atoms with Crippen molar-refractivity contribution in [1.29, 1.82) is 0 Å². The van der Waals surface area contributed by atoms with Crippen molar-refractivity contribution in [3.63, 3.8) is 0 Å². The molecule has 4 heteroatoms. The summed E-state index contributed by atoms with van der Waals surface area (Å²) in [6, 6.07) is 10.6. The minimum Gasteiger partial charge on any atom is -0.312 e. The Balaban J connectivity index is 2.19. The average molecular weight is 345 g/mol. The molecule has 1 nitrogen and oxygen atoms in total. The summed E-state index contributed by atoms with van der Waals surface area (Å²) in [5.74, 6) is 0. The van der Waals surface area contributed by atoms with Gasteiger partial charge in [-0.05, 0) is 60.1 Å². The predicted molar refractivity (Wildman–Crippen MR) is 83.7 cm³/mol. The van der Waals surface area contributed by atoms with Gasteiger partial charge in [-0.15, -0.1) is 11.3 Å². The van der Waals surface area contributed by atoms with Crippen LogP contribution in [0.4, 0.5) is 0 Å². The van der Waals surface area contributed by atoms with Gasteiger partial charge in [-0.3, -0.25) is 0 Å². The highest BCUT2D eigenvalue weighted by Crippen LogP contribution is 2.33. The van der Waals surface area contributed by atoms with Crippen molar-refractivity contribution in [2.45, 2.75) is 19.4 Å². The van der Waals surface area contributed by atoms with Crippen molar-refractivity contribution in [3.8, 4) is 0 Å². The van der Waals surface area contributed by atoms with Crippen molar-refractivity contribution in [2.75, 3.05) is 7.05 Å². The van der Waals surface area contributed by atoms with Crippen LogP contribution in [0.25, 0.3) is 0 Å². The van der Waals surface area contributed by atoms with Gasteiger partial charge in [0.15, 0.2) is 0 Å². The third-order valence-corrected chi connectivity index (χ3v) is 5.19. The van der Waals surface area contributed by atoms with Crippen molar-refractivity contribution in [1.82, 2.24) is 5.32 Å². The third-order valence-electron chi connectivity index (χ3n) is 2.85. The van der Waals surface area contributed by atoms with Crippen LogP contribution in [-0.4, -0.2) is 7.05 Å². The summed E-state index contributed by atoms with van der Waals surface area (Å²) in [4.78, 5) is 2.68. The topological polar surface area (TPSA) is 12.0 Å². The van der Waals surface area contributed by atoms with Crippen LogP contribution in [0.1, 0.15) is 21.4 Å². The molecule has 0 saturated heterocycles. The van der Waals surface area contributed by atoms with Gasteiger partial charge >= 0.3 is 0 Å². The molecule has 0 aliphatic heterocycles. The summed E-state index contributed by atoms with van der Waals surface area (Å²) in [6.07, 6.45) is 0.965. The lowest BCUT2D eigenvalue weighted by Crippen LogP contribution is -2.18. The number of rotatable bonds is 4. The maximum Gasteiger partial charge on any atom is 0.0464 e. The van der Waals surface area contributed by atoms with E-state index >= 15 is 0 Å². The van der Waals surface area contributed by atoms with E-state index in [-0.39, 0.29) is 0 Å². The quantitative estimate of drug-likeness (QED) is 0.825. The zero-order valence-electron chi connectivity index (χ0n) is 10.3. The molecule has 0 aliphatic carbocycles. The molecule has 0 saturated carbocycles. The van der Waals surface area contributed by atoms with Crippen LogP contribution in [0.2, 0.25) is 5.02 Å². The number of benzene rings is 1. The molecule has 0 radical (unpaired) electrons. The molecule has 1 aromatic carbocycles. The highest BCUT2D eigenvalue weighted by Gasteiger charge is 2.16. The average Bonchev–Trinajstić information content (AvgIpc) is 2.68. The Morgan fingerprint density at radius 3 is 2.50 bits per heavy atom. The van der Waals surface area contributed by atoms with Gasteiger partial charge in [0.25, 0.3) is 0 Å². The van der Waals surface area contributed by atoms with E-state index in [1.165, 1.54) is 19.8 Å². The van der Waals surface area contributed by atoms with Crippen LogP contribution in [-0.2, 0) is 6.42 Å². The lowest BCUT2D eigenvalue weighted by Gasteiger charge is -2.15. The Labute approximate surface area is 125 Å². The second-order valence-electron chi connectivity index (χ2n) is 4.24. The maximum atomic E-state index is 5.91. The van der Waals surface area contributed by atoms with Crippen molar-refractivity contribution in [3.05, 3.63) is 55.1 Å². The second-order valence-corrected chi connectivity index (χ2v) is 6.82. The zero-order valence-corrected chi connectivity index (χ0v) is 13.5. The van der Waals surface area contributed by atoms with Crippen LogP contribution in [0, 0.1) is 6.92 Å². The Hall–Kier alpha value is -0.350. The highest BCUT2D eigenvalue weighted by atomic mass is 79.9. The van der Waals surface area contributed by atoms with Crippen LogP contribution >= 0.6 is 38.9 Å². The Kier molecular flexibility index (Phi) is 4.84. The summed E-state index contributed by atoms with van der Waals surface area (Å²) >= 11 is 11.4. The molecule has 0 fully saturated rings. The fraction of sp³-hybridized carbons (Fsp3) is 0.286. The number of hydrogen-bond acceptors (Lipinski definition) is 2. The van der Waals surface area contributed by atoms with Gasteiger partial charge < -0.3 is 5.32 Å².